The Labute approximate surface area is 186 Å². The number of hydrogen-bond acceptors (Lipinski definition) is 5. The van der Waals surface area contributed by atoms with Gasteiger partial charge in [0.05, 0.1) is 20.1 Å². The molecule has 2 aromatic rings. The minimum absolute atomic E-state index is 0.00417. The second kappa shape index (κ2) is 9.00. The summed E-state index contributed by atoms with van der Waals surface area (Å²) in [6, 6.07) is 15.1. The van der Waals surface area contributed by atoms with Gasteiger partial charge in [-0.15, -0.1) is 0 Å². The van der Waals surface area contributed by atoms with Gasteiger partial charge in [-0.25, -0.2) is 4.79 Å². The highest BCUT2D eigenvalue weighted by Crippen LogP contribution is 2.38. The lowest BCUT2D eigenvalue weighted by Gasteiger charge is -2.44. The first-order chi connectivity index (χ1) is 15.4. The molecule has 0 bridgehead atoms. The maximum atomic E-state index is 13.4. The van der Waals surface area contributed by atoms with Crippen LogP contribution in [-0.2, 0) is 20.7 Å². The van der Waals surface area contributed by atoms with Crippen molar-refractivity contribution >= 4 is 17.8 Å². The highest BCUT2D eigenvalue weighted by atomic mass is 16.5. The van der Waals surface area contributed by atoms with Crippen molar-refractivity contribution in [2.45, 2.75) is 31.0 Å². The number of carboxylic acids is 1. The van der Waals surface area contributed by atoms with Crippen LogP contribution in [0.2, 0.25) is 0 Å². The van der Waals surface area contributed by atoms with E-state index in [-0.39, 0.29) is 12.5 Å². The van der Waals surface area contributed by atoms with E-state index in [0.717, 1.165) is 5.56 Å². The normalized spacial score (nSPS) is 19.7. The van der Waals surface area contributed by atoms with Crippen molar-refractivity contribution in [1.29, 1.82) is 0 Å². The molecule has 4 rings (SSSR count). The van der Waals surface area contributed by atoms with Gasteiger partial charge in [0.2, 0.25) is 5.91 Å². The number of nitrogens with zero attached hydrogens (tertiary/aromatic N) is 2. The van der Waals surface area contributed by atoms with Gasteiger partial charge in [-0.2, -0.15) is 0 Å². The van der Waals surface area contributed by atoms with Crippen LogP contribution in [0.15, 0.2) is 54.6 Å². The Morgan fingerprint density at radius 1 is 1.09 bits per heavy atom. The molecule has 2 saturated heterocycles. The highest BCUT2D eigenvalue weighted by Gasteiger charge is 2.54. The van der Waals surface area contributed by atoms with E-state index in [1.807, 2.05) is 30.3 Å². The molecule has 2 aliphatic heterocycles. The van der Waals surface area contributed by atoms with Crippen molar-refractivity contribution in [3.63, 3.8) is 0 Å². The Bertz CT molecular complexity index is 1000. The number of carboxylic acid groups (broad SMARTS) is 1. The maximum Gasteiger partial charge on any atom is 0.328 e. The third-order valence-electron chi connectivity index (χ3n) is 6.18. The van der Waals surface area contributed by atoms with E-state index >= 15 is 0 Å². The van der Waals surface area contributed by atoms with Gasteiger partial charge < -0.3 is 19.5 Å². The van der Waals surface area contributed by atoms with E-state index < -0.39 is 23.6 Å². The summed E-state index contributed by atoms with van der Waals surface area (Å²) in [6.45, 7) is 0.697. The number of aliphatic carboxylic acids is 1. The number of ether oxygens (including phenoxy) is 2. The van der Waals surface area contributed by atoms with Gasteiger partial charge in [-0.05, 0) is 23.8 Å². The lowest BCUT2D eigenvalue weighted by molar-refractivity contribution is -0.147. The Kier molecular flexibility index (Phi) is 6.14. The second-order valence-corrected chi connectivity index (χ2v) is 8.06. The molecular formula is C24H26N2O6. The molecule has 0 aliphatic carbocycles. The Balaban J connectivity index is 1.52. The lowest BCUT2D eigenvalue weighted by atomic mass is 9.96. The third-order valence-corrected chi connectivity index (χ3v) is 6.18. The Morgan fingerprint density at radius 2 is 1.81 bits per heavy atom. The maximum absolute atomic E-state index is 13.4. The molecule has 8 heteroatoms. The summed E-state index contributed by atoms with van der Waals surface area (Å²) in [4.78, 5) is 41.2. The van der Waals surface area contributed by atoms with Crippen LogP contribution in [0.25, 0.3) is 0 Å². The first-order valence-corrected chi connectivity index (χ1v) is 10.6. The molecule has 8 nitrogen and oxygen atoms in total. The molecule has 32 heavy (non-hydrogen) atoms. The minimum Gasteiger partial charge on any atom is -0.497 e. The molecule has 0 aromatic heterocycles. The van der Waals surface area contributed by atoms with E-state index in [1.165, 1.54) is 12.0 Å². The number of hydrogen-bond donors (Lipinski definition) is 1. The quantitative estimate of drug-likeness (QED) is 0.769. The Morgan fingerprint density at radius 3 is 2.47 bits per heavy atom. The van der Waals surface area contributed by atoms with Crippen LogP contribution in [0.1, 0.15) is 28.8 Å². The van der Waals surface area contributed by atoms with Crippen molar-refractivity contribution < 1.29 is 29.0 Å². The van der Waals surface area contributed by atoms with E-state index in [1.54, 1.807) is 29.2 Å². The summed E-state index contributed by atoms with van der Waals surface area (Å²) < 4.78 is 11.2. The van der Waals surface area contributed by atoms with Crippen molar-refractivity contribution in [2.24, 2.45) is 0 Å². The van der Waals surface area contributed by atoms with Gasteiger partial charge in [-0.1, -0.05) is 36.4 Å². The van der Waals surface area contributed by atoms with Crippen LogP contribution in [-0.4, -0.2) is 71.3 Å². The van der Waals surface area contributed by atoms with Gasteiger partial charge in [0, 0.05) is 31.5 Å². The number of methoxy groups -OCH3 is 1. The minimum atomic E-state index is -1.11. The van der Waals surface area contributed by atoms with Crippen molar-refractivity contribution in [3.8, 4) is 5.75 Å². The van der Waals surface area contributed by atoms with Gasteiger partial charge >= 0.3 is 5.97 Å². The zero-order valence-corrected chi connectivity index (χ0v) is 17.9. The first kappa shape index (κ1) is 21.8. The number of likely N-dealkylation sites (tertiary alicyclic amines) is 1. The molecule has 2 aliphatic rings. The number of amides is 2. The number of benzene rings is 2. The van der Waals surface area contributed by atoms with Crippen molar-refractivity contribution in [1.82, 2.24) is 9.80 Å². The summed E-state index contributed by atoms with van der Waals surface area (Å²) in [6.07, 6.45) is 1.01. The SMILES string of the molecule is COc1cccc(C(=O)N2C(C(=O)O)COC23CCN(C(=O)Cc2ccccc2)CC3)c1. The summed E-state index contributed by atoms with van der Waals surface area (Å²) in [5.41, 5.74) is 0.228. The van der Waals surface area contributed by atoms with Gasteiger partial charge in [-0.3, -0.25) is 14.5 Å². The fourth-order valence-corrected chi connectivity index (χ4v) is 4.44. The summed E-state index contributed by atoms with van der Waals surface area (Å²) in [7, 11) is 1.51. The predicted molar refractivity (Wildman–Crippen MR) is 115 cm³/mol. The van der Waals surface area contributed by atoms with Crippen LogP contribution in [0.4, 0.5) is 0 Å². The standard InChI is InChI=1S/C24H26N2O6/c1-31-19-9-5-8-18(15-19)22(28)26-20(23(29)30)16-32-24(26)10-12-25(13-11-24)21(27)14-17-6-3-2-4-7-17/h2-9,15,20H,10-14,16H2,1H3,(H,29,30). The first-order valence-electron chi connectivity index (χ1n) is 10.6. The van der Waals surface area contributed by atoms with Crippen LogP contribution in [0.3, 0.4) is 0 Å². The monoisotopic (exact) mass is 438 g/mol. The number of carbonyl (C=O) groups is 3. The molecule has 1 atom stereocenters. The smallest absolute Gasteiger partial charge is 0.328 e. The highest BCUT2D eigenvalue weighted by molar-refractivity contribution is 5.97. The third kappa shape index (κ3) is 4.18. The molecule has 2 aromatic carbocycles. The summed E-state index contributed by atoms with van der Waals surface area (Å²) >= 11 is 0. The Hall–Kier alpha value is -3.39. The number of rotatable bonds is 5. The molecule has 0 saturated carbocycles. The molecule has 2 fully saturated rings. The largest absolute Gasteiger partial charge is 0.497 e. The lowest BCUT2D eigenvalue weighted by Crippen LogP contribution is -2.58. The van der Waals surface area contributed by atoms with Crippen LogP contribution >= 0.6 is 0 Å². The van der Waals surface area contributed by atoms with E-state index in [0.29, 0.717) is 43.7 Å². The topological polar surface area (TPSA) is 96.4 Å². The zero-order valence-electron chi connectivity index (χ0n) is 17.9. The van der Waals surface area contributed by atoms with Crippen LogP contribution in [0, 0.1) is 0 Å². The van der Waals surface area contributed by atoms with Crippen LogP contribution < -0.4 is 4.74 Å². The van der Waals surface area contributed by atoms with Crippen molar-refractivity contribution in [3.05, 3.63) is 65.7 Å². The molecule has 2 heterocycles. The summed E-state index contributed by atoms with van der Waals surface area (Å²) in [5, 5.41) is 9.74. The number of piperidine rings is 1. The van der Waals surface area contributed by atoms with E-state index in [2.05, 4.69) is 0 Å². The van der Waals surface area contributed by atoms with Gasteiger partial charge in [0.25, 0.3) is 5.91 Å². The molecule has 1 unspecified atom stereocenters. The fourth-order valence-electron chi connectivity index (χ4n) is 4.44. The average molecular weight is 438 g/mol. The van der Waals surface area contributed by atoms with E-state index in [9.17, 15) is 19.5 Å². The second-order valence-electron chi connectivity index (χ2n) is 8.06. The van der Waals surface area contributed by atoms with Gasteiger partial charge in [0.15, 0.2) is 6.04 Å². The fraction of sp³-hybridized carbons (Fsp3) is 0.375. The molecule has 1 spiro atoms. The van der Waals surface area contributed by atoms with Crippen LogP contribution in [0.5, 0.6) is 5.75 Å². The van der Waals surface area contributed by atoms with E-state index in [4.69, 9.17) is 9.47 Å². The molecule has 168 valence electrons. The molecule has 2 amide bonds. The van der Waals surface area contributed by atoms with Gasteiger partial charge in [0.1, 0.15) is 11.5 Å². The number of carbonyl (C=O) groups excluding carboxylic acids is 2. The average Bonchev–Trinajstić information content (AvgIpc) is 3.18. The molecule has 0 radical (unpaired) electrons. The molecular weight excluding hydrogens is 412 g/mol. The zero-order chi connectivity index (χ0) is 22.7. The predicted octanol–water partition coefficient (Wildman–Crippen LogP) is 2.18. The molecule has 1 N–H and O–H groups in total. The van der Waals surface area contributed by atoms with Crippen molar-refractivity contribution in [2.75, 3.05) is 26.8 Å². The summed E-state index contributed by atoms with van der Waals surface area (Å²) in [5.74, 6) is -1.01.